The number of nitrogens with one attached hydrogen (secondary N) is 2. The zero-order chi connectivity index (χ0) is 18.7. The Balaban J connectivity index is 1.48. The van der Waals surface area contributed by atoms with Crippen LogP contribution in [0.25, 0.3) is 0 Å². The van der Waals surface area contributed by atoms with Gasteiger partial charge in [0.2, 0.25) is 17.7 Å². The van der Waals surface area contributed by atoms with Gasteiger partial charge in [0.15, 0.2) is 9.84 Å². The molecule has 3 rings (SSSR count). The highest BCUT2D eigenvalue weighted by Crippen LogP contribution is 2.26. The van der Waals surface area contributed by atoms with Crippen molar-refractivity contribution in [2.24, 2.45) is 5.92 Å². The fourth-order valence-electron chi connectivity index (χ4n) is 3.34. The van der Waals surface area contributed by atoms with E-state index in [1.165, 1.54) is 4.90 Å². The number of hydrogen-bond acceptors (Lipinski definition) is 5. The van der Waals surface area contributed by atoms with E-state index >= 15 is 0 Å². The molecule has 140 valence electrons. The van der Waals surface area contributed by atoms with Gasteiger partial charge >= 0.3 is 0 Å². The molecule has 0 bridgehead atoms. The summed E-state index contributed by atoms with van der Waals surface area (Å²) in [5, 5.41) is 0. The SMILES string of the molecule is O=C(Cc1ccccc1)NNC(=O)C1CC(=O)N(C2CCS(=O)(=O)C2)C1. The fourth-order valence-corrected chi connectivity index (χ4v) is 5.07. The van der Waals surface area contributed by atoms with Crippen LogP contribution in [0.2, 0.25) is 0 Å². The summed E-state index contributed by atoms with van der Waals surface area (Å²) < 4.78 is 23.2. The second-order valence-corrected chi connectivity index (χ2v) is 8.93. The molecule has 9 heteroatoms. The molecule has 2 saturated heterocycles. The molecule has 3 amide bonds. The minimum absolute atomic E-state index is 0.0247. The molecule has 0 aromatic heterocycles. The van der Waals surface area contributed by atoms with Crippen molar-refractivity contribution in [3.05, 3.63) is 35.9 Å². The van der Waals surface area contributed by atoms with Gasteiger partial charge in [-0.15, -0.1) is 0 Å². The molecule has 2 fully saturated rings. The van der Waals surface area contributed by atoms with E-state index in [2.05, 4.69) is 10.9 Å². The predicted molar refractivity (Wildman–Crippen MR) is 93.3 cm³/mol. The Morgan fingerprint density at radius 2 is 1.88 bits per heavy atom. The number of likely N-dealkylation sites (tertiary alicyclic amines) is 1. The number of carbonyl (C=O) groups is 3. The van der Waals surface area contributed by atoms with E-state index in [1.54, 1.807) is 0 Å². The highest BCUT2D eigenvalue weighted by Gasteiger charge is 2.41. The number of carbonyl (C=O) groups excluding carboxylic acids is 3. The van der Waals surface area contributed by atoms with Crippen LogP contribution < -0.4 is 10.9 Å². The Bertz CT molecular complexity index is 809. The predicted octanol–water partition coefficient (Wildman–Crippen LogP) is -0.588. The minimum Gasteiger partial charge on any atom is -0.338 e. The first kappa shape index (κ1) is 18.4. The summed E-state index contributed by atoms with van der Waals surface area (Å²) in [6.07, 6.45) is 0.573. The average molecular weight is 379 g/mol. The molecule has 0 spiro atoms. The monoisotopic (exact) mass is 379 g/mol. The van der Waals surface area contributed by atoms with Gasteiger partial charge in [0.05, 0.1) is 23.8 Å². The van der Waals surface area contributed by atoms with Crippen LogP contribution in [0.3, 0.4) is 0 Å². The molecular formula is C17H21N3O5S. The highest BCUT2D eigenvalue weighted by atomic mass is 32.2. The quantitative estimate of drug-likeness (QED) is 0.679. The molecule has 2 aliphatic heterocycles. The van der Waals surface area contributed by atoms with Crippen molar-refractivity contribution in [2.75, 3.05) is 18.1 Å². The van der Waals surface area contributed by atoms with Gasteiger partial charge in [-0.25, -0.2) is 8.42 Å². The van der Waals surface area contributed by atoms with Gasteiger partial charge in [0.25, 0.3) is 0 Å². The van der Waals surface area contributed by atoms with Crippen LogP contribution in [0.5, 0.6) is 0 Å². The second kappa shape index (κ2) is 7.45. The minimum atomic E-state index is -3.10. The van der Waals surface area contributed by atoms with E-state index in [0.29, 0.717) is 6.42 Å². The zero-order valence-electron chi connectivity index (χ0n) is 14.2. The number of rotatable bonds is 4. The molecule has 1 aromatic rings. The van der Waals surface area contributed by atoms with Crippen LogP contribution >= 0.6 is 0 Å². The molecule has 0 saturated carbocycles. The third-order valence-corrected chi connectivity index (χ3v) is 6.46. The first-order chi connectivity index (χ1) is 12.3. The molecule has 0 radical (unpaired) electrons. The molecule has 2 atom stereocenters. The van der Waals surface area contributed by atoms with Crippen LogP contribution in [-0.2, 0) is 30.6 Å². The van der Waals surface area contributed by atoms with Crippen molar-refractivity contribution < 1.29 is 22.8 Å². The largest absolute Gasteiger partial charge is 0.338 e. The number of hydrazine groups is 1. The standard InChI is InChI=1S/C17H21N3O5S/c21-15(8-12-4-2-1-3-5-12)18-19-17(23)13-9-16(22)20(10-13)14-6-7-26(24,25)11-14/h1-5,13-14H,6-11H2,(H,18,21)(H,19,23). The number of hydrogen-bond donors (Lipinski definition) is 2. The summed E-state index contributed by atoms with van der Waals surface area (Å²) in [6.45, 7) is 0.180. The van der Waals surface area contributed by atoms with Gasteiger partial charge < -0.3 is 4.90 Å². The third kappa shape index (κ3) is 4.40. The van der Waals surface area contributed by atoms with Gasteiger partial charge in [-0.3, -0.25) is 25.2 Å². The molecule has 2 heterocycles. The van der Waals surface area contributed by atoms with E-state index in [4.69, 9.17) is 0 Å². The maximum atomic E-state index is 12.2. The summed E-state index contributed by atoms with van der Waals surface area (Å²) in [4.78, 5) is 37.7. The van der Waals surface area contributed by atoms with Crippen molar-refractivity contribution in [3.63, 3.8) is 0 Å². The number of benzene rings is 1. The lowest BCUT2D eigenvalue weighted by atomic mass is 10.1. The lowest BCUT2D eigenvalue weighted by Crippen LogP contribution is -2.46. The first-order valence-corrected chi connectivity index (χ1v) is 10.3. The van der Waals surface area contributed by atoms with Crippen LogP contribution in [0.1, 0.15) is 18.4 Å². The molecule has 26 heavy (non-hydrogen) atoms. The maximum Gasteiger partial charge on any atom is 0.243 e. The maximum absolute atomic E-state index is 12.2. The average Bonchev–Trinajstić information content (AvgIpc) is 3.15. The Kier molecular flexibility index (Phi) is 5.26. The van der Waals surface area contributed by atoms with E-state index in [0.717, 1.165) is 5.56 Å². The molecule has 2 N–H and O–H groups in total. The number of sulfone groups is 1. The van der Waals surface area contributed by atoms with E-state index in [9.17, 15) is 22.8 Å². The Labute approximate surface area is 151 Å². The van der Waals surface area contributed by atoms with Crippen LogP contribution in [0.4, 0.5) is 0 Å². The van der Waals surface area contributed by atoms with Gasteiger partial charge in [-0.2, -0.15) is 0 Å². The molecule has 2 aliphatic rings. The fraction of sp³-hybridized carbons (Fsp3) is 0.471. The molecule has 8 nitrogen and oxygen atoms in total. The zero-order valence-corrected chi connectivity index (χ0v) is 15.0. The Morgan fingerprint density at radius 3 is 2.54 bits per heavy atom. The lowest BCUT2D eigenvalue weighted by Gasteiger charge is -2.22. The molecular weight excluding hydrogens is 358 g/mol. The summed E-state index contributed by atoms with van der Waals surface area (Å²) in [5.74, 6) is -1.57. The van der Waals surface area contributed by atoms with Crippen LogP contribution in [0, 0.1) is 5.92 Å². The number of nitrogens with zero attached hydrogens (tertiary/aromatic N) is 1. The summed E-state index contributed by atoms with van der Waals surface area (Å²) in [7, 11) is -3.10. The number of amides is 3. The van der Waals surface area contributed by atoms with Crippen LogP contribution in [0.15, 0.2) is 30.3 Å². The highest BCUT2D eigenvalue weighted by molar-refractivity contribution is 7.91. The van der Waals surface area contributed by atoms with Gasteiger partial charge in [0, 0.05) is 19.0 Å². The Hall–Kier alpha value is -2.42. The van der Waals surface area contributed by atoms with Crippen LogP contribution in [-0.4, -0.2) is 55.1 Å². The van der Waals surface area contributed by atoms with E-state index < -0.39 is 21.7 Å². The van der Waals surface area contributed by atoms with Crippen molar-refractivity contribution >= 4 is 27.6 Å². The van der Waals surface area contributed by atoms with Crippen molar-refractivity contribution in [1.82, 2.24) is 15.8 Å². The summed E-state index contributed by atoms with van der Waals surface area (Å²) in [5.41, 5.74) is 5.54. The van der Waals surface area contributed by atoms with Gasteiger partial charge in [-0.05, 0) is 12.0 Å². The topological polar surface area (TPSA) is 113 Å². The van der Waals surface area contributed by atoms with Crippen molar-refractivity contribution in [2.45, 2.75) is 25.3 Å². The smallest absolute Gasteiger partial charge is 0.243 e. The van der Waals surface area contributed by atoms with E-state index in [1.807, 2.05) is 30.3 Å². The van der Waals surface area contributed by atoms with E-state index in [-0.39, 0.29) is 48.7 Å². The summed E-state index contributed by atoms with van der Waals surface area (Å²) >= 11 is 0. The first-order valence-electron chi connectivity index (χ1n) is 8.46. The molecule has 1 aromatic carbocycles. The normalized spacial score (nSPS) is 24.5. The Morgan fingerprint density at radius 1 is 1.15 bits per heavy atom. The van der Waals surface area contributed by atoms with Gasteiger partial charge in [0.1, 0.15) is 0 Å². The molecule has 0 aliphatic carbocycles. The molecule has 2 unspecified atom stereocenters. The van der Waals surface area contributed by atoms with Gasteiger partial charge in [-0.1, -0.05) is 30.3 Å². The van der Waals surface area contributed by atoms with Crippen molar-refractivity contribution in [3.8, 4) is 0 Å². The third-order valence-electron chi connectivity index (χ3n) is 4.71. The second-order valence-electron chi connectivity index (χ2n) is 6.70. The van der Waals surface area contributed by atoms with Crippen molar-refractivity contribution in [1.29, 1.82) is 0 Å². The lowest BCUT2D eigenvalue weighted by molar-refractivity contribution is -0.131. The summed E-state index contributed by atoms with van der Waals surface area (Å²) in [6, 6.07) is 8.77.